The van der Waals surface area contributed by atoms with Gasteiger partial charge in [-0.15, -0.1) is 0 Å². The van der Waals surface area contributed by atoms with Crippen LogP contribution in [-0.2, 0) is 0 Å². The molecule has 1 saturated heterocycles. The van der Waals surface area contributed by atoms with Crippen LogP contribution >= 0.6 is 0 Å². The van der Waals surface area contributed by atoms with E-state index in [0.717, 1.165) is 41.3 Å². The minimum atomic E-state index is 0.488. The van der Waals surface area contributed by atoms with Gasteiger partial charge in [0, 0.05) is 31.0 Å². The quantitative estimate of drug-likeness (QED) is 0.708. The summed E-state index contributed by atoms with van der Waals surface area (Å²) in [7, 11) is 3.53. The van der Waals surface area contributed by atoms with Gasteiger partial charge in [0.25, 0.3) is 0 Å². The highest BCUT2D eigenvalue weighted by Gasteiger charge is 2.14. The van der Waals surface area contributed by atoms with E-state index in [0.29, 0.717) is 12.4 Å². The Morgan fingerprint density at radius 2 is 2.00 bits per heavy atom. The van der Waals surface area contributed by atoms with Crippen molar-refractivity contribution in [3.8, 4) is 22.6 Å². The monoisotopic (exact) mass is 356 g/mol. The summed E-state index contributed by atoms with van der Waals surface area (Å²) in [6.45, 7) is 4.18. The Morgan fingerprint density at radius 3 is 2.73 bits per heavy atom. The fraction of sp³-hybridized carbons (Fsp3) is 0.450. The van der Waals surface area contributed by atoms with Crippen molar-refractivity contribution in [3.63, 3.8) is 0 Å². The number of ether oxygens (including phenoxy) is 2. The minimum Gasteiger partial charge on any atom is -0.493 e. The van der Waals surface area contributed by atoms with Gasteiger partial charge in [-0.05, 0) is 56.1 Å². The van der Waals surface area contributed by atoms with E-state index in [4.69, 9.17) is 15.2 Å². The molecule has 2 heterocycles. The molecule has 3 N–H and O–H groups in total. The molecule has 1 aromatic heterocycles. The van der Waals surface area contributed by atoms with E-state index in [-0.39, 0.29) is 0 Å². The first kappa shape index (κ1) is 18.3. The number of likely N-dealkylation sites (tertiary alicyclic amines) is 1. The molecular weight excluding hydrogens is 328 g/mol. The van der Waals surface area contributed by atoms with Crippen LogP contribution in [0, 0.1) is 0 Å². The van der Waals surface area contributed by atoms with E-state index < -0.39 is 0 Å². The zero-order valence-electron chi connectivity index (χ0n) is 15.6. The molecule has 0 radical (unpaired) electrons. The van der Waals surface area contributed by atoms with Crippen LogP contribution < -0.4 is 20.5 Å². The van der Waals surface area contributed by atoms with Gasteiger partial charge < -0.3 is 25.4 Å². The van der Waals surface area contributed by atoms with Crippen LogP contribution in [0.1, 0.15) is 19.3 Å². The summed E-state index contributed by atoms with van der Waals surface area (Å²) in [5.74, 6) is 1.95. The number of nitrogen functional groups attached to an aromatic ring is 1. The third-order valence-corrected chi connectivity index (χ3v) is 4.78. The maximum absolute atomic E-state index is 6.11. The first-order chi connectivity index (χ1) is 12.7. The molecule has 1 aromatic carbocycles. The van der Waals surface area contributed by atoms with Gasteiger partial charge in [-0.25, -0.2) is 4.98 Å². The standard InChI is InChI=1S/C20H28N4O2/c1-22-16-8-9-23-20(21)19(16)15-6-7-17(25-2)18(14-15)26-13-5-12-24-10-3-4-11-24/h6-9,14H,3-5,10-13H2,1-2H3,(H3,21,22,23). The molecule has 0 unspecified atom stereocenters. The highest BCUT2D eigenvalue weighted by atomic mass is 16.5. The van der Waals surface area contributed by atoms with E-state index in [1.807, 2.05) is 31.3 Å². The number of anilines is 2. The number of nitrogens with one attached hydrogen (secondary N) is 1. The molecule has 26 heavy (non-hydrogen) atoms. The predicted molar refractivity (Wildman–Crippen MR) is 106 cm³/mol. The molecule has 1 aliphatic heterocycles. The Morgan fingerprint density at radius 1 is 1.19 bits per heavy atom. The zero-order chi connectivity index (χ0) is 18.4. The fourth-order valence-electron chi connectivity index (χ4n) is 3.41. The second-order valence-corrected chi connectivity index (χ2v) is 6.49. The number of pyridine rings is 1. The summed E-state index contributed by atoms with van der Waals surface area (Å²) in [5, 5.41) is 3.17. The van der Waals surface area contributed by atoms with Crippen molar-refractivity contribution in [1.82, 2.24) is 9.88 Å². The molecule has 0 amide bonds. The van der Waals surface area contributed by atoms with Crippen LogP contribution in [0.25, 0.3) is 11.1 Å². The molecule has 0 aliphatic carbocycles. The lowest BCUT2D eigenvalue weighted by Gasteiger charge is -2.17. The Balaban J connectivity index is 1.74. The van der Waals surface area contributed by atoms with Gasteiger partial charge in [0.1, 0.15) is 5.82 Å². The van der Waals surface area contributed by atoms with Gasteiger partial charge in [0.05, 0.1) is 13.7 Å². The minimum absolute atomic E-state index is 0.488. The summed E-state index contributed by atoms with van der Waals surface area (Å²) < 4.78 is 11.5. The fourth-order valence-corrected chi connectivity index (χ4v) is 3.41. The summed E-state index contributed by atoms with van der Waals surface area (Å²) in [4.78, 5) is 6.71. The Kier molecular flexibility index (Phi) is 6.17. The third-order valence-electron chi connectivity index (χ3n) is 4.78. The van der Waals surface area contributed by atoms with Crippen LogP contribution in [0.3, 0.4) is 0 Å². The second-order valence-electron chi connectivity index (χ2n) is 6.49. The van der Waals surface area contributed by atoms with Gasteiger partial charge in [-0.1, -0.05) is 6.07 Å². The molecule has 0 saturated carbocycles. The molecule has 2 aromatic rings. The Labute approximate surface area is 155 Å². The number of aromatic nitrogens is 1. The first-order valence-corrected chi connectivity index (χ1v) is 9.18. The van der Waals surface area contributed by atoms with E-state index >= 15 is 0 Å². The van der Waals surface area contributed by atoms with Crippen LogP contribution in [0.15, 0.2) is 30.5 Å². The summed E-state index contributed by atoms with van der Waals surface area (Å²) in [5.41, 5.74) is 8.87. The number of nitrogens with zero attached hydrogens (tertiary/aromatic N) is 2. The van der Waals surface area contributed by atoms with Gasteiger partial charge >= 0.3 is 0 Å². The van der Waals surface area contributed by atoms with Crippen molar-refractivity contribution < 1.29 is 9.47 Å². The Bertz CT molecular complexity index is 730. The van der Waals surface area contributed by atoms with Crippen molar-refractivity contribution in [3.05, 3.63) is 30.5 Å². The van der Waals surface area contributed by atoms with Crippen LogP contribution in [-0.4, -0.2) is 50.3 Å². The van der Waals surface area contributed by atoms with Gasteiger partial charge in [-0.3, -0.25) is 0 Å². The number of benzene rings is 1. The molecular formula is C20H28N4O2. The summed E-state index contributed by atoms with van der Waals surface area (Å²) >= 11 is 0. The number of nitrogens with two attached hydrogens (primary N) is 1. The molecule has 140 valence electrons. The van der Waals surface area contributed by atoms with Crippen molar-refractivity contribution in [1.29, 1.82) is 0 Å². The molecule has 6 heteroatoms. The third kappa shape index (κ3) is 4.19. The van der Waals surface area contributed by atoms with E-state index in [1.165, 1.54) is 25.9 Å². The number of methoxy groups -OCH3 is 1. The topological polar surface area (TPSA) is 72.6 Å². The number of rotatable bonds is 8. The van der Waals surface area contributed by atoms with Crippen molar-refractivity contribution >= 4 is 11.5 Å². The first-order valence-electron chi connectivity index (χ1n) is 9.18. The Hall–Kier alpha value is -2.47. The highest BCUT2D eigenvalue weighted by molar-refractivity contribution is 5.86. The molecule has 0 spiro atoms. The SMILES string of the molecule is CNc1ccnc(N)c1-c1ccc(OC)c(OCCCN2CCCC2)c1. The molecule has 0 atom stereocenters. The molecule has 0 bridgehead atoms. The lowest BCUT2D eigenvalue weighted by molar-refractivity contribution is 0.254. The molecule has 1 fully saturated rings. The van der Waals surface area contributed by atoms with Crippen LogP contribution in [0.4, 0.5) is 11.5 Å². The van der Waals surface area contributed by atoms with Crippen molar-refractivity contribution in [2.45, 2.75) is 19.3 Å². The van der Waals surface area contributed by atoms with Gasteiger partial charge in [0.15, 0.2) is 11.5 Å². The average Bonchev–Trinajstić information content (AvgIpc) is 3.18. The van der Waals surface area contributed by atoms with Gasteiger partial charge in [0.2, 0.25) is 0 Å². The lowest BCUT2D eigenvalue weighted by atomic mass is 10.0. The average molecular weight is 356 g/mol. The van der Waals surface area contributed by atoms with Crippen LogP contribution in [0.5, 0.6) is 11.5 Å². The van der Waals surface area contributed by atoms with Crippen LogP contribution in [0.2, 0.25) is 0 Å². The normalized spacial score (nSPS) is 14.4. The van der Waals surface area contributed by atoms with Crippen molar-refractivity contribution in [2.75, 3.05) is 51.4 Å². The van der Waals surface area contributed by atoms with Crippen molar-refractivity contribution in [2.24, 2.45) is 0 Å². The molecule has 6 nitrogen and oxygen atoms in total. The summed E-state index contributed by atoms with van der Waals surface area (Å²) in [6, 6.07) is 7.77. The predicted octanol–water partition coefficient (Wildman–Crippen LogP) is 3.25. The highest BCUT2D eigenvalue weighted by Crippen LogP contribution is 2.37. The largest absolute Gasteiger partial charge is 0.493 e. The zero-order valence-corrected chi connectivity index (χ0v) is 15.6. The number of hydrogen-bond acceptors (Lipinski definition) is 6. The maximum Gasteiger partial charge on any atom is 0.161 e. The lowest BCUT2D eigenvalue weighted by Crippen LogP contribution is -2.21. The van der Waals surface area contributed by atoms with E-state index in [1.54, 1.807) is 13.3 Å². The van der Waals surface area contributed by atoms with E-state index in [9.17, 15) is 0 Å². The molecule has 3 rings (SSSR count). The summed E-state index contributed by atoms with van der Waals surface area (Å²) in [6.07, 6.45) is 5.34. The number of hydrogen-bond donors (Lipinski definition) is 2. The van der Waals surface area contributed by atoms with Gasteiger partial charge in [-0.2, -0.15) is 0 Å². The second kappa shape index (κ2) is 8.76. The molecule has 1 aliphatic rings. The smallest absolute Gasteiger partial charge is 0.161 e. The van der Waals surface area contributed by atoms with E-state index in [2.05, 4.69) is 15.2 Å². The maximum atomic E-state index is 6.11.